The van der Waals surface area contributed by atoms with Gasteiger partial charge in [-0.25, -0.2) is 4.52 Å². The van der Waals surface area contributed by atoms with Crippen LogP contribution in [-0.2, 0) is 11.8 Å². The lowest BCUT2D eigenvalue weighted by Crippen LogP contribution is -2.57. The van der Waals surface area contributed by atoms with Crippen molar-refractivity contribution < 1.29 is 9.59 Å². The number of pyridine rings is 1. The van der Waals surface area contributed by atoms with Crippen LogP contribution in [0.1, 0.15) is 48.2 Å². The van der Waals surface area contributed by atoms with Gasteiger partial charge in [0.1, 0.15) is 0 Å². The first-order valence-corrected chi connectivity index (χ1v) is 13.5. The molecule has 7 rings (SSSR count). The molecule has 200 valence electrons. The van der Waals surface area contributed by atoms with E-state index in [2.05, 4.69) is 35.7 Å². The van der Waals surface area contributed by atoms with Crippen LogP contribution < -0.4 is 10.6 Å². The average molecular weight is 526 g/mol. The average Bonchev–Trinajstić information content (AvgIpc) is 3.18. The second-order valence-electron chi connectivity index (χ2n) is 11.3. The van der Waals surface area contributed by atoms with Gasteiger partial charge in [0.25, 0.3) is 5.91 Å². The lowest BCUT2D eigenvalue weighted by molar-refractivity contribution is -0.126. The lowest BCUT2D eigenvalue weighted by atomic mass is 9.90. The second kappa shape index (κ2) is 8.98. The van der Waals surface area contributed by atoms with E-state index in [1.54, 1.807) is 40.1 Å². The number of nitrogens with zero attached hydrogens (tertiary/aromatic N) is 7. The van der Waals surface area contributed by atoms with Gasteiger partial charge >= 0.3 is 0 Å². The van der Waals surface area contributed by atoms with Crippen LogP contribution in [0.4, 0.5) is 11.4 Å². The van der Waals surface area contributed by atoms with Crippen LogP contribution in [-0.4, -0.2) is 65.2 Å². The summed E-state index contributed by atoms with van der Waals surface area (Å²) in [6, 6.07) is 2.43. The molecule has 3 aliphatic rings. The van der Waals surface area contributed by atoms with Gasteiger partial charge < -0.3 is 10.6 Å². The predicted molar refractivity (Wildman–Crippen MR) is 145 cm³/mol. The molecule has 1 spiro atoms. The number of hydrogen-bond donors (Lipinski definition) is 2. The number of carbonyl (C=O) groups is 2. The molecule has 5 heterocycles. The van der Waals surface area contributed by atoms with Gasteiger partial charge in [0, 0.05) is 37.9 Å². The maximum atomic E-state index is 13.2. The molecular formula is C28H31N9O2. The summed E-state index contributed by atoms with van der Waals surface area (Å²) in [4.78, 5) is 37.5. The van der Waals surface area contributed by atoms with E-state index >= 15 is 0 Å². The normalized spacial score (nSPS) is 20.3. The number of nitrogens with one attached hydrogen (secondary N) is 2. The van der Waals surface area contributed by atoms with Crippen molar-refractivity contribution in [1.29, 1.82) is 0 Å². The van der Waals surface area contributed by atoms with Crippen molar-refractivity contribution in [2.75, 3.05) is 23.7 Å². The van der Waals surface area contributed by atoms with Crippen molar-refractivity contribution in [3.63, 3.8) is 0 Å². The number of amides is 2. The van der Waals surface area contributed by atoms with Crippen LogP contribution in [0.15, 0.2) is 43.2 Å². The summed E-state index contributed by atoms with van der Waals surface area (Å²) in [5.41, 5.74) is 4.87. The summed E-state index contributed by atoms with van der Waals surface area (Å²) in [6.07, 6.45) is 16.8. The van der Waals surface area contributed by atoms with Crippen LogP contribution in [0.25, 0.3) is 16.8 Å². The molecule has 2 amide bonds. The van der Waals surface area contributed by atoms with E-state index in [1.165, 1.54) is 38.3 Å². The van der Waals surface area contributed by atoms with Crippen LogP contribution in [0, 0.1) is 18.3 Å². The third kappa shape index (κ3) is 4.26. The van der Waals surface area contributed by atoms with Gasteiger partial charge in [0.15, 0.2) is 0 Å². The summed E-state index contributed by atoms with van der Waals surface area (Å²) in [7, 11) is 1.84. The Labute approximate surface area is 225 Å². The molecule has 3 fully saturated rings. The Morgan fingerprint density at radius 2 is 1.85 bits per heavy atom. The molecule has 2 N–H and O–H groups in total. The SMILES string of the molecule is Cc1ncc(NC(=O)C2CN(C3CCCC34CC4)C2)cc1NC(=O)c1cnn2cc(-c3cnn(C)c3)ncc12. The standard InChI is InChI=1S/C28H31N9O2/c1-17-22(34-27(39)21-11-32-37-16-23(30-12-24(21)37)18-9-31-35(2)13-18)8-20(10-29-17)33-26(38)19-14-36(15-19)25-4-3-5-28(25)6-7-28/h8-13,16,19,25H,3-7,14-15H2,1-2H3,(H,33,38)(H,34,39). The maximum Gasteiger partial charge on any atom is 0.259 e. The third-order valence-corrected chi connectivity index (χ3v) is 8.73. The first-order chi connectivity index (χ1) is 18.9. The number of likely N-dealkylation sites (tertiary alicyclic amines) is 1. The van der Waals surface area contributed by atoms with Crippen LogP contribution in [0.3, 0.4) is 0 Å². The van der Waals surface area contributed by atoms with E-state index in [1.807, 2.05) is 20.2 Å². The fourth-order valence-electron chi connectivity index (χ4n) is 6.29. The van der Waals surface area contributed by atoms with Crippen molar-refractivity contribution in [3.05, 3.63) is 54.5 Å². The monoisotopic (exact) mass is 525 g/mol. The molecule has 2 saturated carbocycles. The molecule has 0 radical (unpaired) electrons. The van der Waals surface area contributed by atoms with Crippen LogP contribution >= 0.6 is 0 Å². The predicted octanol–water partition coefficient (Wildman–Crippen LogP) is 3.29. The number of rotatable bonds is 6. The van der Waals surface area contributed by atoms with Gasteiger partial charge in [0.2, 0.25) is 5.91 Å². The van der Waals surface area contributed by atoms with Gasteiger partial charge in [-0.05, 0) is 44.1 Å². The highest BCUT2D eigenvalue weighted by Gasteiger charge is 2.56. The summed E-state index contributed by atoms with van der Waals surface area (Å²) in [5.74, 6) is -0.326. The van der Waals surface area contributed by atoms with Gasteiger partial charge in [0.05, 0.1) is 70.7 Å². The Bertz CT molecular complexity index is 1600. The van der Waals surface area contributed by atoms with E-state index in [4.69, 9.17) is 0 Å². The van der Waals surface area contributed by atoms with Gasteiger partial charge in [-0.15, -0.1) is 0 Å². The Hall–Kier alpha value is -4.12. The molecule has 4 aromatic heterocycles. The Balaban J connectivity index is 1.01. The van der Waals surface area contributed by atoms with Crippen molar-refractivity contribution in [1.82, 2.24) is 34.3 Å². The quantitative estimate of drug-likeness (QED) is 0.396. The van der Waals surface area contributed by atoms with E-state index in [0.717, 1.165) is 18.7 Å². The van der Waals surface area contributed by atoms with Crippen molar-refractivity contribution >= 4 is 28.7 Å². The Morgan fingerprint density at radius 1 is 1.00 bits per heavy atom. The minimum Gasteiger partial charge on any atom is -0.324 e. The van der Waals surface area contributed by atoms with Crippen LogP contribution in [0.2, 0.25) is 0 Å². The van der Waals surface area contributed by atoms with E-state index in [0.29, 0.717) is 45.3 Å². The summed E-state index contributed by atoms with van der Waals surface area (Å²) in [6.45, 7) is 3.47. The van der Waals surface area contributed by atoms with Crippen molar-refractivity contribution in [2.45, 2.75) is 45.1 Å². The van der Waals surface area contributed by atoms with Crippen molar-refractivity contribution in [2.24, 2.45) is 18.4 Å². The number of carbonyl (C=O) groups excluding carboxylic acids is 2. The largest absolute Gasteiger partial charge is 0.324 e. The van der Waals surface area contributed by atoms with E-state index < -0.39 is 0 Å². The molecule has 1 aliphatic heterocycles. The number of aromatic nitrogens is 6. The fraction of sp³-hybridized carbons (Fsp3) is 0.429. The number of anilines is 2. The maximum absolute atomic E-state index is 13.2. The summed E-state index contributed by atoms with van der Waals surface area (Å²) in [5, 5.41) is 14.5. The smallest absolute Gasteiger partial charge is 0.259 e. The third-order valence-electron chi connectivity index (χ3n) is 8.73. The molecule has 1 saturated heterocycles. The second-order valence-corrected chi connectivity index (χ2v) is 11.3. The number of fused-ring (bicyclic) bond motifs is 1. The molecule has 0 aromatic carbocycles. The molecule has 1 atom stereocenters. The minimum absolute atomic E-state index is 0.00940. The highest BCUT2D eigenvalue weighted by Crippen LogP contribution is 2.60. The first-order valence-electron chi connectivity index (χ1n) is 13.5. The first kappa shape index (κ1) is 24.0. The lowest BCUT2D eigenvalue weighted by Gasteiger charge is -2.44. The minimum atomic E-state index is -0.325. The Morgan fingerprint density at radius 3 is 2.62 bits per heavy atom. The van der Waals surface area contributed by atoms with E-state index in [-0.39, 0.29) is 17.7 Å². The van der Waals surface area contributed by atoms with Gasteiger partial charge in [-0.3, -0.25) is 29.1 Å². The fourth-order valence-corrected chi connectivity index (χ4v) is 6.29. The number of hydrogen-bond acceptors (Lipinski definition) is 7. The molecule has 4 aromatic rings. The van der Waals surface area contributed by atoms with Gasteiger partial charge in [-0.1, -0.05) is 6.42 Å². The topological polar surface area (TPSA) is 122 Å². The Kier molecular flexibility index (Phi) is 5.51. The number of aryl methyl sites for hydroxylation is 2. The highest BCUT2D eigenvalue weighted by molar-refractivity contribution is 6.09. The van der Waals surface area contributed by atoms with E-state index in [9.17, 15) is 9.59 Å². The molecule has 1 unspecified atom stereocenters. The van der Waals surface area contributed by atoms with Crippen molar-refractivity contribution in [3.8, 4) is 11.3 Å². The molecule has 11 heteroatoms. The molecule has 2 aliphatic carbocycles. The molecule has 39 heavy (non-hydrogen) atoms. The highest BCUT2D eigenvalue weighted by atomic mass is 16.2. The zero-order valence-electron chi connectivity index (χ0n) is 22.1. The molecule has 0 bridgehead atoms. The van der Waals surface area contributed by atoms with Crippen LogP contribution in [0.5, 0.6) is 0 Å². The van der Waals surface area contributed by atoms with Gasteiger partial charge in [-0.2, -0.15) is 10.2 Å². The zero-order chi connectivity index (χ0) is 26.7. The summed E-state index contributed by atoms with van der Waals surface area (Å²) >= 11 is 0. The summed E-state index contributed by atoms with van der Waals surface area (Å²) < 4.78 is 3.33. The molecular weight excluding hydrogens is 494 g/mol. The molecule has 11 nitrogen and oxygen atoms in total. The zero-order valence-corrected chi connectivity index (χ0v) is 22.1.